The highest BCUT2D eigenvalue weighted by Crippen LogP contribution is 2.25. The van der Waals surface area contributed by atoms with E-state index in [1.54, 1.807) is 12.4 Å². The molecule has 1 unspecified atom stereocenters. The molecule has 0 radical (unpaired) electrons. The molecule has 1 aliphatic rings. The number of carbonyl (C=O) groups excluding carboxylic acids is 1. The van der Waals surface area contributed by atoms with Gasteiger partial charge in [0.1, 0.15) is 12.3 Å². The molecule has 1 aromatic heterocycles. The third-order valence-corrected chi connectivity index (χ3v) is 3.03. The van der Waals surface area contributed by atoms with Crippen LogP contribution in [0.15, 0.2) is 54.9 Å². The van der Waals surface area contributed by atoms with Crippen LogP contribution in [-0.2, 0) is 4.79 Å². The molecule has 1 aliphatic heterocycles. The largest absolute Gasteiger partial charge is 0.355 e. The van der Waals surface area contributed by atoms with E-state index in [0.717, 1.165) is 28.9 Å². The third-order valence-electron chi connectivity index (χ3n) is 3.03. The minimum absolute atomic E-state index is 0.310. The molecule has 5 heteroatoms. The maximum absolute atomic E-state index is 10.8. The number of hydrazine groups is 1. The molecule has 5 nitrogen and oxygen atoms in total. The molecule has 20 heavy (non-hydrogen) atoms. The van der Waals surface area contributed by atoms with E-state index >= 15 is 0 Å². The summed E-state index contributed by atoms with van der Waals surface area (Å²) < 4.78 is 0. The summed E-state index contributed by atoms with van der Waals surface area (Å²) in [5.74, 6) is 0. The van der Waals surface area contributed by atoms with Crippen LogP contribution in [0.1, 0.15) is 5.56 Å². The average molecular weight is 266 g/mol. The number of hydrogen-bond acceptors (Lipinski definition) is 5. The molecule has 0 saturated heterocycles. The quantitative estimate of drug-likeness (QED) is 0.737. The van der Waals surface area contributed by atoms with Gasteiger partial charge >= 0.3 is 0 Å². The fraction of sp³-hybridized carbons (Fsp3) is 0.0667. The number of aldehydes is 1. The van der Waals surface area contributed by atoms with Crippen LogP contribution in [0.4, 0.5) is 11.4 Å². The van der Waals surface area contributed by atoms with Gasteiger partial charge in [0.2, 0.25) is 0 Å². The van der Waals surface area contributed by atoms with Crippen molar-refractivity contribution < 1.29 is 4.79 Å². The normalized spacial score (nSPS) is 17.2. The van der Waals surface area contributed by atoms with Crippen molar-refractivity contribution in [1.82, 2.24) is 15.8 Å². The second kappa shape index (κ2) is 5.54. The first-order valence-electron chi connectivity index (χ1n) is 6.32. The van der Waals surface area contributed by atoms with E-state index in [-0.39, 0.29) is 6.04 Å². The van der Waals surface area contributed by atoms with Crippen molar-refractivity contribution in [2.45, 2.75) is 6.04 Å². The van der Waals surface area contributed by atoms with Gasteiger partial charge in [0.25, 0.3) is 0 Å². The molecule has 0 fully saturated rings. The van der Waals surface area contributed by atoms with Crippen LogP contribution < -0.4 is 16.2 Å². The number of anilines is 2. The minimum atomic E-state index is -0.310. The molecule has 1 aromatic carbocycles. The molecule has 2 aromatic rings. The number of rotatable bonds is 4. The van der Waals surface area contributed by atoms with E-state index in [0.29, 0.717) is 0 Å². The third kappa shape index (κ3) is 2.53. The molecule has 0 spiro atoms. The Bertz CT molecular complexity index is 639. The van der Waals surface area contributed by atoms with Crippen molar-refractivity contribution in [3.05, 3.63) is 60.4 Å². The van der Waals surface area contributed by atoms with Gasteiger partial charge in [0.05, 0.1) is 11.4 Å². The van der Waals surface area contributed by atoms with Gasteiger partial charge in [-0.25, -0.2) is 5.43 Å². The van der Waals surface area contributed by atoms with E-state index < -0.39 is 0 Å². The molecule has 0 amide bonds. The van der Waals surface area contributed by atoms with Crippen molar-refractivity contribution >= 4 is 23.4 Å². The lowest BCUT2D eigenvalue weighted by Crippen LogP contribution is -2.32. The van der Waals surface area contributed by atoms with Crippen molar-refractivity contribution in [1.29, 1.82) is 0 Å². The summed E-state index contributed by atoms with van der Waals surface area (Å²) in [4.78, 5) is 14.9. The lowest BCUT2D eigenvalue weighted by molar-refractivity contribution is -0.108. The number of nitrogens with zero attached hydrogens (tertiary/aromatic N) is 1. The summed E-state index contributed by atoms with van der Waals surface area (Å²) in [6, 6.07) is 11.5. The summed E-state index contributed by atoms with van der Waals surface area (Å²) in [7, 11) is 0. The second-order valence-corrected chi connectivity index (χ2v) is 4.42. The zero-order valence-corrected chi connectivity index (χ0v) is 10.7. The monoisotopic (exact) mass is 266 g/mol. The van der Waals surface area contributed by atoms with Crippen LogP contribution in [0.3, 0.4) is 0 Å². The van der Waals surface area contributed by atoms with Crippen molar-refractivity contribution in [2.75, 3.05) is 5.32 Å². The Hall–Kier alpha value is -2.66. The van der Waals surface area contributed by atoms with Gasteiger partial charge in [-0.05, 0) is 24.3 Å². The summed E-state index contributed by atoms with van der Waals surface area (Å²) in [6.07, 6.45) is 6.18. The number of hydrogen-bond donors (Lipinski definition) is 3. The Morgan fingerprint density at radius 2 is 2.05 bits per heavy atom. The summed E-state index contributed by atoms with van der Waals surface area (Å²) >= 11 is 0. The minimum Gasteiger partial charge on any atom is -0.355 e. The fourth-order valence-electron chi connectivity index (χ4n) is 2.05. The summed E-state index contributed by atoms with van der Waals surface area (Å²) in [5.41, 5.74) is 9.56. The van der Waals surface area contributed by atoms with Crippen LogP contribution in [0.5, 0.6) is 0 Å². The topological polar surface area (TPSA) is 66.0 Å². The zero-order chi connectivity index (χ0) is 13.8. The van der Waals surface area contributed by atoms with Crippen LogP contribution in [0.25, 0.3) is 5.70 Å². The van der Waals surface area contributed by atoms with Gasteiger partial charge in [-0.1, -0.05) is 18.2 Å². The average Bonchev–Trinajstić information content (AvgIpc) is 2.98. The van der Waals surface area contributed by atoms with E-state index in [1.807, 2.05) is 42.5 Å². The van der Waals surface area contributed by atoms with Crippen LogP contribution >= 0.6 is 0 Å². The van der Waals surface area contributed by atoms with Crippen molar-refractivity contribution in [3.8, 4) is 0 Å². The molecular weight excluding hydrogens is 252 g/mol. The van der Waals surface area contributed by atoms with Crippen molar-refractivity contribution in [2.24, 2.45) is 0 Å². The van der Waals surface area contributed by atoms with Gasteiger partial charge in [0.15, 0.2) is 0 Å². The predicted molar refractivity (Wildman–Crippen MR) is 78.1 cm³/mol. The Kier molecular flexibility index (Phi) is 3.43. The highest BCUT2D eigenvalue weighted by Gasteiger charge is 2.17. The number of aromatic nitrogens is 1. The van der Waals surface area contributed by atoms with Gasteiger partial charge < -0.3 is 15.5 Å². The highest BCUT2D eigenvalue weighted by molar-refractivity contribution is 5.81. The summed E-state index contributed by atoms with van der Waals surface area (Å²) in [6.45, 7) is 0. The van der Waals surface area contributed by atoms with E-state index in [9.17, 15) is 4.79 Å². The maximum atomic E-state index is 10.8. The first-order valence-corrected chi connectivity index (χ1v) is 6.32. The highest BCUT2D eigenvalue weighted by atomic mass is 16.1. The Balaban J connectivity index is 1.91. The fourth-order valence-corrected chi connectivity index (χ4v) is 2.05. The van der Waals surface area contributed by atoms with E-state index in [2.05, 4.69) is 21.2 Å². The molecular formula is C15H14N4O. The van der Waals surface area contributed by atoms with Crippen molar-refractivity contribution in [3.63, 3.8) is 0 Å². The second-order valence-electron chi connectivity index (χ2n) is 4.42. The first-order chi connectivity index (χ1) is 9.86. The van der Waals surface area contributed by atoms with Gasteiger partial charge in [-0.3, -0.25) is 4.98 Å². The zero-order valence-electron chi connectivity index (χ0n) is 10.7. The molecule has 3 N–H and O–H groups in total. The smallest absolute Gasteiger partial charge is 0.142 e. The lowest BCUT2D eigenvalue weighted by Gasteiger charge is -2.12. The number of pyridine rings is 1. The number of benzene rings is 1. The predicted octanol–water partition coefficient (Wildman–Crippen LogP) is 1.84. The number of nitrogens with one attached hydrogen (secondary N) is 3. The molecule has 1 atom stereocenters. The van der Waals surface area contributed by atoms with Crippen LogP contribution in [-0.4, -0.2) is 17.3 Å². The van der Waals surface area contributed by atoms with Gasteiger partial charge in [-0.15, -0.1) is 0 Å². The Morgan fingerprint density at radius 3 is 2.80 bits per heavy atom. The molecule has 0 saturated carbocycles. The molecule has 3 rings (SSSR count). The molecule has 2 heterocycles. The van der Waals surface area contributed by atoms with E-state index in [1.165, 1.54) is 0 Å². The number of carbonyl (C=O) groups is 1. The lowest BCUT2D eigenvalue weighted by atomic mass is 10.1. The standard InChI is InChI=1S/C15H14N4O/c20-10-12-8-15(19-18-12)13-9-16-7-6-14(13)17-11-4-2-1-3-5-11/h1-10,12,18-19H,(H,16,17). The van der Waals surface area contributed by atoms with Crippen LogP contribution in [0.2, 0.25) is 0 Å². The van der Waals surface area contributed by atoms with Gasteiger partial charge in [-0.2, -0.15) is 0 Å². The van der Waals surface area contributed by atoms with Crippen LogP contribution in [0, 0.1) is 0 Å². The molecule has 0 aliphatic carbocycles. The SMILES string of the molecule is O=CC1C=C(c2cnccc2Nc2ccccc2)NN1. The molecule has 100 valence electrons. The maximum Gasteiger partial charge on any atom is 0.142 e. The van der Waals surface area contributed by atoms with Gasteiger partial charge in [0, 0.05) is 23.6 Å². The number of para-hydroxylation sites is 1. The summed E-state index contributed by atoms with van der Waals surface area (Å²) in [5, 5.41) is 3.35. The van der Waals surface area contributed by atoms with E-state index in [4.69, 9.17) is 0 Å². The Labute approximate surface area is 116 Å². The Morgan fingerprint density at radius 1 is 1.20 bits per heavy atom. The molecule has 0 bridgehead atoms. The first kappa shape index (κ1) is 12.4.